The monoisotopic (exact) mass is 225 g/mol. The molecule has 1 aromatic heterocycles. The molecule has 2 rings (SSSR count). The van der Waals surface area contributed by atoms with Crippen molar-refractivity contribution >= 4 is 11.3 Å². The average Bonchev–Trinajstić information content (AvgIpc) is 2.76. The van der Waals surface area contributed by atoms with Gasteiger partial charge in [-0.3, -0.25) is 0 Å². The van der Waals surface area contributed by atoms with Gasteiger partial charge in [0.2, 0.25) is 0 Å². The van der Waals surface area contributed by atoms with Crippen LogP contribution in [0.5, 0.6) is 0 Å². The van der Waals surface area contributed by atoms with Crippen molar-refractivity contribution in [2.24, 2.45) is 5.41 Å². The van der Waals surface area contributed by atoms with Gasteiger partial charge in [-0.2, -0.15) is 0 Å². The molecule has 15 heavy (non-hydrogen) atoms. The van der Waals surface area contributed by atoms with E-state index in [9.17, 15) is 0 Å². The van der Waals surface area contributed by atoms with E-state index < -0.39 is 0 Å². The van der Waals surface area contributed by atoms with E-state index in [1.165, 1.54) is 12.1 Å². The van der Waals surface area contributed by atoms with E-state index in [2.05, 4.69) is 34.8 Å². The van der Waals surface area contributed by atoms with Crippen molar-refractivity contribution in [1.29, 1.82) is 0 Å². The van der Waals surface area contributed by atoms with Crippen LogP contribution in [0.1, 0.15) is 24.0 Å². The van der Waals surface area contributed by atoms with Gasteiger partial charge in [-0.15, -0.1) is 11.3 Å². The Labute approximate surface area is 95.3 Å². The first-order chi connectivity index (χ1) is 7.18. The summed E-state index contributed by atoms with van der Waals surface area (Å²) in [6.45, 7) is 8.67. The summed E-state index contributed by atoms with van der Waals surface area (Å²) in [5.41, 5.74) is 1.61. The molecule has 84 valence electrons. The molecule has 1 atom stereocenters. The fourth-order valence-electron chi connectivity index (χ4n) is 2.00. The van der Waals surface area contributed by atoms with Gasteiger partial charge in [0.25, 0.3) is 0 Å². The zero-order valence-electron chi connectivity index (χ0n) is 9.47. The molecule has 0 saturated carbocycles. The van der Waals surface area contributed by atoms with Gasteiger partial charge < -0.3 is 10.6 Å². The highest BCUT2D eigenvalue weighted by Crippen LogP contribution is 2.23. The van der Waals surface area contributed by atoms with E-state index in [0.717, 1.165) is 31.2 Å². The number of hydrogen-bond acceptors (Lipinski definition) is 4. The van der Waals surface area contributed by atoms with E-state index in [4.69, 9.17) is 0 Å². The summed E-state index contributed by atoms with van der Waals surface area (Å²) in [4.78, 5) is 4.44. The average molecular weight is 225 g/mol. The van der Waals surface area contributed by atoms with E-state index in [0.29, 0.717) is 5.41 Å². The minimum absolute atomic E-state index is 0.436. The molecule has 2 N–H and O–H groups in total. The maximum atomic E-state index is 4.44. The highest BCUT2D eigenvalue weighted by Gasteiger charge is 2.27. The molecule has 4 heteroatoms. The number of nitrogens with one attached hydrogen (secondary N) is 2. The fourth-order valence-corrected chi connectivity index (χ4v) is 2.61. The molecule has 1 aliphatic rings. The topological polar surface area (TPSA) is 37.0 Å². The lowest BCUT2D eigenvalue weighted by molar-refractivity contribution is 0.338. The van der Waals surface area contributed by atoms with Crippen LogP contribution in [0.15, 0.2) is 5.38 Å². The van der Waals surface area contributed by atoms with Crippen LogP contribution in [0.4, 0.5) is 0 Å². The van der Waals surface area contributed by atoms with Crippen molar-refractivity contribution in [3.05, 3.63) is 16.1 Å². The van der Waals surface area contributed by atoms with Gasteiger partial charge in [0.15, 0.2) is 0 Å². The third kappa shape index (κ3) is 3.00. The zero-order chi connectivity index (χ0) is 10.7. The predicted molar refractivity (Wildman–Crippen MR) is 64.2 cm³/mol. The summed E-state index contributed by atoms with van der Waals surface area (Å²) in [5, 5.41) is 10.2. The summed E-state index contributed by atoms with van der Waals surface area (Å²) in [6.07, 6.45) is 1.27. The molecule has 1 saturated heterocycles. The number of rotatable bonds is 4. The molecule has 1 aromatic rings. The first-order valence-corrected chi connectivity index (χ1v) is 6.38. The third-order valence-electron chi connectivity index (χ3n) is 2.98. The van der Waals surface area contributed by atoms with Crippen LogP contribution >= 0.6 is 11.3 Å². The number of thiazole rings is 1. The lowest BCUT2D eigenvalue weighted by Gasteiger charge is -2.22. The van der Waals surface area contributed by atoms with Crippen LogP contribution in [-0.4, -0.2) is 24.6 Å². The summed E-state index contributed by atoms with van der Waals surface area (Å²) >= 11 is 1.72. The van der Waals surface area contributed by atoms with Crippen LogP contribution in [0, 0.1) is 12.3 Å². The van der Waals surface area contributed by atoms with E-state index in [1.807, 2.05) is 0 Å². The Hall–Kier alpha value is -0.450. The smallest absolute Gasteiger partial charge is 0.0897 e. The van der Waals surface area contributed by atoms with Gasteiger partial charge in [0.1, 0.15) is 0 Å². The van der Waals surface area contributed by atoms with E-state index >= 15 is 0 Å². The molecule has 0 radical (unpaired) electrons. The van der Waals surface area contributed by atoms with Crippen molar-refractivity contribution in [2.45, 2.75) is 26.8 Å². The first kappa shape index (κ1) is 11.0. The lowest BCUT2D eigenvalue weighted by atomic mass is 9.90. The van der Waals surface area contributed by atoms with Crippen molar-refractivity contribution in [1.82, 2.24) is 15.6 Å². The Morgan fingerprint density at radius 1 is 1.67 bits per heavy atom. The molecule has 1 unspecified atom stereocenters. The molecule has 0 aromatic carbocycles. The third-order valence-corrected chi connectivity index (χ3v) is 3.80. The van der Waals surface area contributed by atoms with Gasteiger partial charge in [-0.1, -0.05) is 6.92 Å². The largest absolute Gasteiger partial charge is 0.316 e. The number of hydrogen-bond donors (Lipinski definition) is 2. The van der Waals surface area contributed by atoms with Crippen LogP contribution < -0.4 is 10.6 Å². The lowest BCUT2D eigenvalue weighted by Crippen LogP contribution is -2.33. The quantitative estimate of drug-likeness (QED) is 0.816. The molecule has 2 heterocycles. The molecule has 0 aliphatic carbocycles. The summed E-state index contributed by atoms with van der Waals surface area (Å²) in [5.74, 6) is 0. The minimum atomic E-state index is 0.436. The number of aromatic nitrogens is 1. The van der Waals surface area contributed by atoms with Crippen LogP contribution in [0.2, 0.25) is 0 Å². The minimum Gasteiger partial charge on any atom is -0.316 e. The molecular weight excluding hydrogens is 206 g/mol. The molecule has 0 bridgehead atoms. The SMILES string of the molecule is Cc1nc(CNCC2(C)CCNC2)cs1. The van der Waals surface area contributed by atoms with Gasteiger partial charge >= 0.3 is 0 Å². The van der Waals surface area contributed by atoms with Gasteiger partial charge in [0.05, 0.1) is 10.7 Å². The van der Waals surface area contributed by atoms with Crippen molar-refractivity contribution in [3.8, 4) is 0 Å². The molecule has 1 fully saturated rings. The van der Waals surface area contributed by atoms with Crippen molar-refractivity contribution in [3.63, 3.8) is 0 Å². The second-order valence-corrected chi connectivity index (χ2v) is 5.76. The molecule has 0 spiro atoms. The number of aryl methyl sites for hydroxylation is 1. The summed E-state index contributed by atoms with van der Waals surface area (Å²) in [7, 11) is 0. The second kappa shape index (κ2) is 4.60. The Kier molecular flexibility index (Phi) is 3.38. The van der Waals surface area contributed by atoms with Crippen molar-refractivity contribution in [2.75, 3.05) is 19.6 Å². The van der Waals surface area contributed by atoms with E-state index in [1.54, 1.807) is 11.3 Å². The predicted octanol–water partition coefficient (Wildman–Crippen LogP) is 1.54. The summed E-state index contributed by atoms with van der Waals surface area (Å²) < 4.78 is 0. The summed E-state index contributed by atoms with van der Waals surface area (Å²) in [6, 6.07) is 0. The van der Waals surface area contributed by atoms with Crippen LogP contribution in [0.3, 0.4) is 0 Å². The first-order valence-electron chi connectivity index (χ1n) is 5.50. The molecule has 1 aliphatic heterocycles. The van der Waals surface area contributed by atoms with E-state index in [-0.39, 0.29) is 0 Å². The normalized spacial score (nSPS) is 26.0. The Morgan fingerprint density at radius 2 is 2.53 bits per heavy atom. The number of nitrogens with zero attached hydrogens (tertiary/aromatic N) is 1. The maximum Gasteiger partial charge on any atom is 0.0897 e. The Morgan fingerprint density at radius 3 is 3.13 bits per heavy atom. The highest BCUT2D eigenvalue weighted by molar-refractivity contribution is 7.09. The van der Waals surface area contributed by atoms with Gasteiger partial charge in [-0.25, -0.2) is 4.98 Å². The van der Waals surface area contributed by atoms with Gasteiger partial charge in [0, 0.05) is 25.0 Å². The molecule has 0 amide bonds. The standard InChI is InChI=1S/C11H19N3S/c1-9-14-10(6-15-9)5-13-8-11(2)3-4-12-7-11/h6,12-13H,3-5,7-8H2,1-2H3. The fraction of sp³-hybridized carbons (Fsp3) is 0.727. The zero-order valence-corrected chi connectivity index (χ0v) is 10.3. The highest BCUT2D eigenvalue weighted by atomic mass is 32.1. The second-order valence-electron chi connectivity index (χ2n) is 4.70. The van der Waals surface area contributed by atoms with Gasteiger partial charge in [-0.05, 0) is 25.3 Å². The molecule has 3 nitrogen and oxygen atoms in total. The molecular formula is C11H19N3S. The maximum absolute atomic E-state index is 4.44. The van der Waals surface area contributed by atoms with Crippen molar-refractivity contribution < 1.29 is 0 Å². The Balaban J connectivity index is 1.75. The Bertz CT molecular complexity index is 315. The van der Waals surface area contributed by atoms with Crippen LogP contribution in [-0.2, 0) is 6.54 Å². The van der Waals surface area contributed by atoms with Crippen LogP contribution in [0.25, 0.3) is 0 Å².